The molecule has 4 aromatic rings. The van der Waals surface area contributed by atoms with E-state index in [9.17, 15) is 33.6 Å². The van der Waals surface area contributed by atoms with Crippen LogP contribution >= 0.6 is 0 Å². The fourth-order valence-corrected chi connectivity index (χ4v) is 7.95. The number of aromatic nitrogens is 1. The lowest BCUT2D eigenvalue weighted by Crippen LogP contribution is -2.60. The van der Waals surface area contributed by atoms with Gasteiger partial charge in [-0.25, -0.2) is 0 Å². The van der Waals surface area contributed by atoms with Gasteiger partial charge in [-0.2, -0.15) is 0 Å². The Labute approximate surface area is 394 Å². The van der Waals surface area contributed by atoms with Crippen molar-refractivity contribution in [2.45, 2.75) is 114 Å². The molecule has 68 heavy (non-hydrogen) atoms. The predicted octanol–water partition coefficient (Wildman–Crippen LogP) is -0.408. The third-order valence-electron chi connectivity index (χ3n) is 11.6. The first-order valence-corrected chi connectivity index (χ1v) is 22.9. The van der Waals surface area contributed by atoms with E-state index in [0.717, 1.165) is 21.7 Å². The van der Waals surface area contributed by atoms with E-state index < -0.39 is 77.6 Å². The van der Waals surface area contributed by atoms with Crippen LogP contribution in [0.5, 0.6) is 0 Å². The Hall–Kier alpha value is -7.71. The summed E-state index contributed by atoms with van der Waals surface area (Å²) in [6.07, 6.45) is 2.87. The van der Waals surface area contributed by atoms with Crippen LogP contribution in [0, 0.1) is 0 Å². The number of hydrogen-bond acceptors (Lipinski definition) is 9. The quantitative estimate of drug-likeness (QED) is 0.0389. The highest BCUT2D eigenvalue weighted by atomic mass is 16.2. The molecule has 5 rings (SSSR count). The number of nitrogens with zero attached hydrogens (tertiary/aromatic N) is 2. The van der Waals surface area contributed by atoms with Crippen LogP contribution in [0.15, 0.2) is 82.9 Å². The summed E-state index contributed by atoms with van der Waals surface area (Å²) in [7, 11) is 0. The number of nitrogens with one attached hydrogen (secondary N) is 7. The minimum absolute atomic E-state index is 0.0198. The number of aliphatic imine (C=N–C) groups is 2. The summed E-state index contributed by atoms with van der Waals surface area (Å²) in [4.78, 5) is 110. The second-order valence-corrected chi connectivity index (χ2v) is 16.9. The molecule has 1 aliphatic heterocycles. The highest BCUT2D eigenvalue weighted by molar-refractivity contribution is 5.98. The third kappa shape index (κ3) is 15.4. The van der Waals surface area contributed by atoms with Crippen molar-refractivity contribution >= 4 is 74.9 Å². The Balaban J connectivity index is 1.58. The topological polar surface area (TPSA) is 362 Å². The monoisotopic (exact) mass is 937 g/mol. The van der Waals surface area contributed by atoms with Gasteiger partial charge in [-0.1, -0.05) is 80.4 Å². The smallest absolute Gasteiger partial charge is 0.243 e. The SMILES string of the molecule is CCCCC1NC(=O)CCC(C(N)=O)NC(=O)C(Cc2c[nH]c3ccccc23)NC(=O)C(CCCN=C(N)N)NC(=O)C(Cc2ccc3ccccc3c2)NC(=O)C(CCCN=C(N)N)NC1=O. The summed E-state index contributed by atoms with van der Waals surface area (Å²) in [6, 6.07) is 12.9. The Morgan fingerprint density at radius 3 is 1.71 bits per heavy atom. The number of nitrogens with two attached hydrogens (primary N) is 5. The normalized spacial score (nSPS) is 21.3. The van der Waals surface area contributed by atoms with E-state index >= 15 is 0 Å². The second kappa shape index (κ2) is 25.3. The van der Waals surface area contributed by atoms with Crippen molar-refractivity contribution in [1.29, 1.82) is 0 Å². The number of H-pyrrole nitrogens is 1. The van der Waals surface area contributed by atoms with Gasteiger partial charge in [-0.15, -0.1) is 0 Å². The molecule has 21 nitrogen and oxygen atoms in total. The summed E-state index contributed by atoms with van der Waals surface area (Å²) in [5, 5.41) is 19.1. The predicted molar refractivity (Wildman–Crippen MR) is 259 cm³/mol. The number of fused-ring (bicyclic) bond motifs is 2. The molecule has 2 heterocycles. The zero-order valence-electron chi connectivity index (χ0n) is 38.2. The molecule has 0 saturated carbocycles. The highest BCUT2D eigenvalue weighted by Gasteiger charge is 2.34. The van der Waals surface area contributed by atoms with Crippen molar-refractivity contribution < 1.29 is 33.6 Å². The van der Waals surface area contributed by atoms with Gasteiger partial charge in [0.25, 0.3) is 0 Å². The van der Waals surface area contributed by atoms with Gasteiger partial charge in [0.15, 0.2) is 11.9 Å². The molecule has 1 aromatic heterocycles. The van der Waals surface area contributed by atoms with Gasteiger partial charge in [-0.3, -0.25) is 43.5 Å². The van der Waals surface area contributed by atoms with Gasteiger partial charge >= 0.3 is 0 Å². The molecule has 7 amide bonds. The number of aromatic amines is 1. The number of carbonyl (C=O) groups is 7. The van der Waals surface area contributed by atoms with Gasteiger partial charge in [0.1, 0.15) is 36.3 Å². The summed E-state index contributed by atoms with van der Waals surface area (Å²) >= 11 is 0. The van der Waals surface area contributed by atoms with E-state index in [4.69, 9.17) is 28.7 Å². The van der Waals surface area contributed by atoms with E-state index in [1.54, 1.807) is 6.20 Å². The zero-order chi connectivity index (χ0) is 49.2. The molecule has 0 spiro atoms. The van der Waals surface area contributed by atoms with Crippen LogP contribution in [0.3, 0.4) is 0 Å². The van der Waals surface area contributed by atoms with Crippen molar-refractivity contribution in [1.82, 2.24) is 36.9 Å². The highest BCUT2D eigenvalue weighted by Crippen LogP contribution is 2.21. The van der Waals surface area contributed by atoms with Crippen LogP contribution in [0.1, 0.15) is 75.8 Å². The van der Waals surface area contributed by atoms with Crippen molar-refractivity contribution in [3.63, 3.8) is 0 Å². The average Bonchev–Trinajstić information content (AvgIpc) is 3.72. The molecule has 6 atom stereocenters. The molecule has 0 radical (unpaired) electrons. The maximum atomic E-state index is 14.7. The van der Waals surface area contributed by atoms with Crippen molar-refractivity contribution in [3.05, 3.63) is 84.1 Å². The Morgan fingerprint density at radius 1 is 0.588 bits per heavy atom. The lowest BCUT2D eigenvalue weighted by atomic mass is 9.99. The number of unbranched alkanes of at least 4 members (excludes halogenated alkanes) is 1. The second-order valence-electron chi connectivity index (χ2n) is 16.9. The number of rotatable bonds is 16. The van der Waals surface area contributed by atoms with Crippen LogP contribution in [-0.4, -0.2) is 108 Å². The fraction of sp³-hybridized carbons (Fsp3) is 0.426. The number of para-hydroxylation sites is 1. The lowest BCUT2D eigenvalue weighted by molar-refractivity contribution is -0.136. The van der Waals surface area contributed by atoms with Gasteiger partial charge in [0.2, 0.25) is 41.4 Å². The molecular formula is C47H64N14O7. The average molecular weight is 937 g/mol. The van der Waals surface area contributed by atoms with Gasteiger partial charge in [0, 0.05) is 49.5 Å². The standard InChI is InChI=1S/C47H64N14O7/c1-2-3-13-34-41(64)58-35(15-8-21-53-46(49)50)42(65)60-37(24-27-17-18-28-10-4-5-11-29(28)23-27)44(67)59-36(16-9-22-54-47(51)52)43(66)61-38(25-30-26-55-32-14-7-6-12-31(30)32)45(68)57-33(40(48)63)19-20-39(62)56-34/h4-7,10-12,14,17-18,23,26,33-38,55H,2-3,8-9,13,15-16,19-22,24-25H2,1H3,(H2,48,63)(H,56,62)(H,57,68)(H,58,64)(H,59,67)(H,60,65)(H,61,66)(H4,49,50,53)(H4,51,52,54). The molecule has 0 aliphatic carbocycles. The molecular weight excluding hydrogens is 873 g/mol. The summed E-state index contributed by atoms with van der Waals surface area (Å²) in [6.45, 7) is 2.12. The Morgan fingerprint density at radius 2 is 1.10 bits per heavy atom. The van der Waals surface area contributed by atoms with E-state index in [0.29, 0.717) is 24.0 Å². The Kier molecular flexibility index (Phi) is 19.1. The largest absolute Gasteiger partial charge is 0.370 e. The van der Waals surface area contributed by atoms with Crippen LogP contribution in [0.2, 0.25) is 0 Å². The summed E-state index contributed by atoms with van der Waals surface area (Å²) < 4.78 is 0. The molecule has 1 fully saturated rings. The number of carbonyl (C=O) groups excluding carboxylic acids is 7. The van der Waals surface area contributed by atoms with Crippen LogP contribution in [0.25, 0.3) is 21.7 Å². The summed E-state index contributed by atoms with van der Waals surface area (Å²) in [5.41, 5.74) is 30.1. The first-order chi connectivity index (χ1) is 32.6. The van der Waals surface area contributed by atoms with Crippen LogP contribution in [-0.2, 0) is 46.4 Å². The van der Waals surface area contributed by atoms with Gasteiger partial charge in [-0.05, 0) is 66.5 Å². The third-order valence-corrected chi connectivity index (χ3v) is 11.6. The lowest BCUT2D eigenvalue weighted by Gasteiger charge is -2.28. The van der Waals surface area contributed by atoms with Crippen LogP contribution in [0.4, 0.5) is 0 Å². The number of benzene rings is 3. The van der Waals surface area contributed by atoms with Gasteiger partial charge < -0.3 is 65.6 Å². The van der Waals surface area contributed by atoms with Crippen molar-refractivity contribution in [2.24, 2.45) is 38.7 Å². The zero-order valence-corrected chi connectivity index (χ0v) is 38.2. The molecule has 364 valence electrons. The first-order valence-electron chi connectivity index (χ1n) is 22.9. The van der Waals surface area contributed by atoms with Gasteiger partial charge in [0.05, 0.1) is 0 Å². The summed E-state index contributed by atoms with van der Waals surface area (Å²) in [5.74, 6) is -5.63. The molecule has 21 heteroatoms. The number of primary amides is 1. The number of guanidine groups is 2. The molecule has 0 bridgehead atoms. The van der Waals surface area contributed by atoms with E-state index in [1.807, 2.05) is 73.7 Å². The first kappa shape index (κ1) is 51.3. The Bertz CT molecular complexity index is 2480. The van der Waals surface area contributed by atoms with Crippen molar-refractivity contribution in [2.75, 3.05) is 13.1 Å². The minimum Gasteiger partial charge on any atom is -0.370 e. The molecule has 1 aliphatic rings. The van der Waals surface area contributed by atoms with E-state index in [2.05, 4.69) is 46.9 Å². The minimum atomic E-state index is -1.37. The van der Waals surface area contributed by atoms with E-state index in [-0.39, 0.29) is 82.8 Å². The molecule has 17 N–H and O–H groups in total. The van der Waals surface area contributed by atoms with Crippen molar-refractivity contribution in [3.8, 4) is 0 Å². The number of amides is 7. The fourth-order valence-electron chi connectivity index (χ4n) is 7.95. The maximum Gasteiger partial charge on any atom is 0.243 e. The molecule has 1 saturated heterocycles. The molecule has 3 aromatic carbocycles. The number of hydrogen-bond donors (Lipinski definition) is 12. The molecule has 6 unspecified atom stereocenters. The maximum absolute atomic E-state index is 14.7. The van der Waals surface area contributed by atoms with E-state index in [1.165, 1.54) is 0 Å². The van der Waals surface area contributed by atoms with Crippen LogP contribution < -0.4 is 60.6 Å².